The van der Waals surface area contributed by atoms with Crippen molar-refractivity contribution >= 4 is 51.8 Å². The molecule has 2 aromatic carbocycles. The topological polar surface area (TPSA) is 71.0 Å². The number of amides is 2. The molecular weight excluding hydrogens is 466 g/mol. The molecule has 0 saturated heterocycles. The predicted octanol–water partition coefficient (Wildman–Crippen LogP) is 5.17. The number of rotatable bonds is 7. The van der Waals surface area contributed by atoms with Crippen LogP contribution in [-0.2, 0) is 16.1 Å². The first-order chi connectivity index (χ1) is 16.4. The van der Waals surface area contributed by atoms with E-state index in [1.165, 1.54) is 11.8 Å². The van der Waals surface area contributed by atoms with Gasteiger partial charge in [-0.15, -0.1) is 11.3 Å². The molecule has 3 aromatic rings. The third-order valence-corrected chi connectivity index (χ3v) is 6.90. The Kier molecular flexibility index (Phi) is 7.49. The number of aliphatic imine (C=N–C) groups is 1. The van der Waals surface area contributed by atoms with Crippen LogP contribution >= 0.6 is 23.1 Å². The monoisotopic (exact) mass is 491 g/mol. The molecule has 4 rings (SSSR count). The lowest BCUT2D eigenvalue weighted by molar-refractivity contribution is -0.118. The molecule has 0 atom stereocenters. The van der Waals surface area contributed by atoms with Crippen LogP contribution in [0.5, 0.6) is 5.75 Å². The molecule has 1 aliphatic heterocycles. The van der Waals surface area contributed by atoms with Crippen LogP contribution in [0.3, 0.4) is 0 Å². The fourth-order valence-electron chi connectivity index (χ4n) is 3.54. The summed E-state index contributed by atoms with van der Waals surface area (Å²) in [6.45, 7) is 4.48. The number of carbonyl (C=O) groups excluding carboxylic acids is 2. The van der Waals surface area contributed by atoms with Crippen LogP contribution in [0.4, 0.5) is 5.69 Å². The molecular formula is C26H25N3O3S2. The normalized spacial score (nSPS) is 14.4. The number of carbonyl (C=O) groups is 2. The summed E-state index contributed by atoms with van der Waals surface area (Å²) >= 11 is 2.85. The highest BCUT2D eigenvalue weighted by Crippen LogP contribution is 2.31. The number of amidine groups is 1. The van der Waals surface area contributed by atoms with Crippen molar-refractivity contribution in [3.05, 3.63) is 87.2 Å². The second kappa shape index (κ2) is 10.7. The molecule has 2 amide bonds. The number of benzene rings is 2. The number of anilines is 1. The van der Waals surface area contributed by atoms with Crippen molar-refractivity contribution in [1.82, 2.24) is 5.32 Å². The zero-order valence-electron chi connectivity index (χ0n) is 19.2. The Balaban J connectivity index is 1.56. The van der Waals surface area contributed by atoms with Crippen molar-refractivity contribution in [3.8, 4) is 5.75 Å². The molecule has 0 fully saturated rings. The summed E-state index contributed by atoms with van der Waals surface area (Å²) in [5.74, 6) is 0.572. The lowest BCUT2D eigenvalue weighted by atomic mass is 10.1. The SMILES string of the molecule is COc1ccc(C=C2N=C(SCC(=O)NCc3cccs3)N(c3cc(C)cc(C)c3)C2=O)cc1. The van der Waals surface area contributed by atoms with E-state index in [-0.39, 0.29) is 17.6 Å². The van der Waals surface area contributed by atoms with Gasteiger partial charge in [-0.2, -0.15) is 0 Å². The Morgan fingerprint density at radius 3 is 2.53 bits per heavy atom. The van der Waals surface area contributed by atoms with E-state index in [4.69, 9.17) is 4.74 Å². The minimum absolute atomic E-state index is 0.110. The van der Waals surface area contributed by atoms with Gasteiger partial charge in [-0.05, 0) is 72.3 Å². The minimum Gasteiger partial charge on any atom is -0.497 e. The molecule has 1 N–H and O–H groups in total. The second-order valence-electron chi connectivity index (χ2n) is 7.83. The van der Waals surface area contributed by atoms with E-state index < -0.39 is 0 Å². The van der Waals surface area contributed by atoms with Crippen molar-refractivity contribution in [3.63, 3.8) is 0 Å². The Morgan fingerprint density at radius 1 is 1.15 bits per heavy atom. The summed E-state index contributed by atoms with van der Waals surface area (Å²) in [6, 6.07) is 17.3. The number of thioether (sulfide) groups is 1. The van der Waals surface area contributed by atoms with E-state index in [9.17, 15) is 9.59 Å². The average Bonchev–Trinajstić information content (AvgIpc) is 3.44. The maximum absolute atomic E-state index is 13.4. The van der Waals surface area contributed by atoms with Crippen LogP contribution in [0.1, 0.15) is 21.6 Å². The van der Waals surface area contributed by atoms with Crippen molar-refractivity contribution in [2.45, 2.75) is 20.4 Å². The molecule has 0 radical (unpaired) electrons. The van der Waals surface area contributed by atoms with Crippen molar-refractivity contribution in [2.24, 2.45) is 4.99 Å². The Hall–Kier alpha value is -3.36. The minimum atomic E-state index is -0.220. The van der Waals surface area contributed by atoms with Gasteiger partial charge in [0.05, 0.1) is 25.1 Å². The van der Waals surface area contributed by atoms with Crippen LogP contribution in [0.25, 0.3) is 6.08 Å². The highest BCUT2D eigenvalue weighted by Gasteiger charge is 2.32. The molecule has 1 aliphatic rings. The summed E-state index contributed by atoms with van der Waals surface area (Å²) in [6.07, 6.45) is 1.75. The van der Waals surface area contributed by atoms with Gasteiger partial charge in [0.2, 0.25) is 5.91 Å². The number of hydrogen-bond donors (Lipinski definition) is 1. The lowest BCUT2D eigenvalue weighted by Crippen LogP contribution is -2.32. The van der Waals surface area contributed by atoms with E-state index in [1.54, 1.807) is 29.4 Å². The van der Waals surface area contributed by atoms with Gasteiger partial charge in [0, 0.05) is 4.88 Å². The fraction of sp³-hybridized carbons (Fsp3) is 0.192. The van der Waals surface area contributed by atoms with E-state index >= 15 is 0 Å². The van der Waals surface area contributed by atoms with Crippen molar-refractivity contribution in [1.29, 1.82) is 0 Å². The Morgan fingerprint density at radius 2 is 1.88 bits per heavy atom. The van der Waals surface area contributed by atoms with Crippen LogP contribution in [0.2, 0.25) is 0 Å². The first kappa shape index (κ1) is 23.8. The summed E-state index contributed by atoms with van der Waals surface area (Å²) in [7, 11) is 1.61. The number of aryl methyl sites for hydroxylation is 2. The van der Waals surface area contributed by atoms with E-state index in [2.05, 4.69) is 16.4 Å². The molecule has 0 saturated carbocycles. The van der Waals surface area contributed by atoms with Crippen molar-refractivity contribution < 1.29 is 14.3 Å². The number of hydrogen-bond acceptors (Lipinski definition) is 6. The first-order valence-corrected chi connectivity index (χ1v) is 12.6. The number of nitrogens with zero attached hydrogens (tertiary/aromatic N) is 2. The summed E-state index contributed by atoms with van der Waals surface area (Å²) < 4.78 is 5.21. The van der Waals surface area contributed by atoms with Gasteiger partial charge in [0.25, 0.3) is 5.91 Å². The molecule has 2 heterocycles. The molecule has 174 valence electrons. The van der Waals surface area contributed by atoms with E-state index in [0.29, 0.717) is 17.4 Å². The maximum Gasteiger partial charge on any atom is 0.283 e. The molecule has 0 unspecified atom stereocenters. The largest absolute Gasteiger partial charge is 0.497 e. The van der Waals surface area contributed by atoms with Crippen LogP contribution in [0, 0.1) is 13.8 Å². The second-order valence-corrected chi connectivity index (χ2v) is 9.80. The van der Waals surface area contributed by atoms with Crippen LogP contribution < -0.4 is 15.0 Å². The summed E-state index contributed by atoms with van der Waals surface area (Å²) in [4.78, 5) is 33.1. The van der Waals surface area contributed by atoms with Gasteiger partial charge in [0.15, 0.2) is 5.17 Å². The number of nitrogens with one attached hydrogen (secondary N) is 1. The van der Waals surface area contributed by atoms with Crippen LogP contribution in [0.15, 0.2) is 70.7 Å². The third-order valence-electron chi connectivity index (χ3n) is 5.09. The number of ether oxygens (including phenoxy) is 1. The van der Waals surface area contributed by atoms with Crippen LogP contribution in [-0.4, -0.2) is 29.8 Å². The lowest BCUT2D eigenvalue weighted by Gasteiger charge is -2.19. The van der Waals surface area contributed by atoms with Gasteiger partial charge in [-0.1, -0.05) is 36.0 Å². The third kappa shape index (κ3) is 5.76. The molecule has 0 aliphatic carbocycles. The quantitative estimate of drug-likeness (QED) is 0.463. The standard InChI is InChI=1S/C26H25N3O3S2/c1-17-11-18(2)13-20(12-17)29-25(31)23(14-19-6-8-21(32-3)9-7-19)28-26(29)34-16-24(30)27-15-22-5-4-10-33-22/h4-14H,15-16H2,1-3H3,(H,27,30). The highest BCUT2D eigenvalue weighted by atomic mass is 32.2. The molecule has 6 nitrogen and oxygen atoms in total. The van der Waals surface area contributed by atoms with Gasteiger partial charge >= 0.3 is 0 Å². The van der Waals surface area contributed by atoms with Gasteiger partial charge < -0.3 is 10.1 Å². The summed E-state index contributed by atoms with van der Waals surface area (Å²) in [5.41, 5.74) is 4.01. The number of thiophene rings is 1. The molecule has 1 aromatic heterocycles. The van der Waals surface area contributed by atoms with Gasteiger partial charge in [-0.25, -0.2) is 4.99 Å². The molecule has 0 spiro atoms. The zero-order valence-corrected chi connectivity index (χ0v) is 20.8. The van der Waals surface area contributed by atoms with Gasteiger partial charge in [0.1, 0.15) is 11.4 Å². The van der Waals surface area contributed by atoms with E-state index in [1.807, 2.05) is 67.8 Å². The van der Waals surface area contributed by atoms with E-state index in [0.717, 1.165) is 33.0 Å². The molecule has 34 heavy (non-hydrogen) atoms. The molecule has 0 bridgehead atoms. The average molecular weight is 492 g/mol. The highest BCUT2D eigenvalue weighted by molar-refractivity contribution is 8.14. The summed E-state index contributed by atoms with van der Waals surface area (Å²) in [5, 5.41) is 5.39. The predicted molar refractivity (Wildman–Crippen MR) is 140 cm³/mol. The molecule has 8 heteroatoms. The van der Waals surface area contributed by atoms with Gasteiger partial charge in [-0.3, -0.25) is 14.5 Å². The zero-order chi connectivity index (χ0) is 24.1. The maximum atomic E-state index is 13.4. The van der Waals surface area contributed by atoms with Crippen molar-refractivity contribution in [2.75, 3.05) is 17.8 Å². The fourth-order valence-corrected chi connectivity index (χ4v) is 5.03. The Bertz CT molecular complexity index is 1230. The Labute approximate surface area is 207 Å². The first-order valence-electron chi connectivity index (χ1n) is 10.7. The number of methoxy groups -OCH3 is 1. The smallest absolute Gasteiger partial charge is 0.283 e.